The summed E-state index contributed by atoms with van der Waals surface area (Å²) in [4.78, 5) is 48.5. The van der Waals surface area contributed by atoms with Crippen molar-refractivity contribution in [1.82, 2.24) is 5.32 Å². The Bertz CT molecular complexity index is 1110. The molecular weight excluding hydrogens is 378 g/mol. The smallest absolute Gasteiger partial charge is 0.335 e. The Kier molecular flexibility index (Phi) is 4.34. The third kappa shape index (κ3) is 3.33. The Labute approximate surface area is 164 Å². The number of anilines is 1. The zero-order chi connectivity index (χ0) is 20.7. The number of rotatable bonds is 3. The molecule has 0 spiro atoms. The number of ether oxygens (including phenoxy) is 1. The molecule has 0 aliphatic carbocycles. The van der Waals surface area contributed by atoms with Gasteiger partial charge in [0.25, 0.3) is 17.5 Å². The summed E-state index contributed by atoms with van der Waals surface area (Å²) in [5.74, 6) is -0.927. The molecule has 2 aliphatic heterocycles. The van der Waals surface area contributed by atoms with E-state index in [1.54, 1.807) is 12.1 Å². The van der Waals surface area contributed by atoms with E-state index in [2.05, 4.69) is 5.32 Å². The second-order valence-electron chi connectivity index (χ2n) is 6.73. The molecule has 1 saturated heterocycles. The van der Waals surface area contributed by atoms with Crippen LogP contribution >= 0.6 is 0 Å². The van der Waals surface area contributed by atoms with E-state index >= 15 is 0 Å². The van der Waals surface area contributed by atoms with Crippen molar-refractivity contribution in [3.8, 4) is 5.75 Å². The molecular formula is C20H15N3O6. The standard InChI is InChI=1S/C20H15N3O6/c1-11-7-13-8-12(5-6-17(13)29-11)9-16-18(24)21-20(26)22(19(16)25)14-3-2-4-15(10-14)23(27)28/h2-6,8-11H,7H2,1H3,(H,21,24,26)/b16-9-/t11-/m0/s1. The number of non-ortho nitro benzene ring substituents is 1. The zero-order valence-corrected chi connectivity index (χ0v) is 15.2. The molecule has 4 rings (SSSR count). The van der Waals surface area contributed by atoms with Gasteiger partial charge in [0.15, 0.2) is 0 Å². The van der Waals surface area contributed by atoms with Crippen molar-refractivity contribution >= 4 is 35.3 Å². The predicted octanol–water partition coefficient (Wildman–Crippen LogP) is 2.58. The van der Waals surface area contributed by atoms with Crippen molar-refractivity contribution in [3.63, 3.8) is 0 Å². The number of carbonyl (C=O) groups excluding carboxylic acids is 3. The summed E-state index contributed by atoms with van der Waals surface area (Å²) in [6, 6.07) is 9.40. The Hall–Kier alpha value is -4.01. The summed E-state index contributed by atoms with van der Waals surface area (Å²) in [5, 5.41) is 13.1. The predicted molar refractivity (Wildman–Crippen MR) is 102 cm³/mol. The number of imide groups is 2. The van der Waals surface area contributed by atoms with E-state index in [1.165, 1.54) is 24.3 Å². The van der Waals surface area contributed by atoms with Crippen LogP contribution in [-0.2, 0) is 16.0 Å². The van der Waals surface area contributed by atoms with Gasteiger partial charge >= 0.3 is 6.03 Å². The first kappa shape index (κ1) is 18.4. The molecule has 29 heavy (non-hydrogen) atoms. The van der Waals surface area contributed by atoms with Crippen molar-refractivity contribution in [3.05, 3.63) is 69.3 Å². The number of nitrogens with zero attached hydrogens (tertiary/aromatic N) is 2. The van der Waals surface area contributed by atoms with E-state index in [0.29, 0.717) is 16.9 Å². The van der Waals surface area contributed by atoms with Gasteiger partial charge in [-0.05, 0) is 42.3 Å². The van der Waals surface area contributed by atoms with Crippen molar-refractivity contribution < 1.29 is 24.0 Å². The molecule has 2 aromatic rings. The third-order valence-corrected chi connectivity index (χ3v) is 4.63. The Balaban J connectivity index is 1.71. The van der Waals surface area contributed by atoms with Gasteiger partial charge in [-0.15, -0.1) is 0 Å². The molecule has 2 aliphatic rings. The molecule has 0 radical (unpaired) electrons. The summed E-state index contributed by atoms with van der Waals surface area (Å²) >= 11 is 0. The Morgan fingerprint density at radius 2 is 2.00 bits per heavy atom. The molecule has 146 valence electrons. The molecule has 1 atom stereocenters. The normalized spacial score (nSPS) is 19.8. The topological polar surface area (TPSA) is 119 Å². The fraction of sp³-hybridized carbons (Fsp3) is 0.150. The summed E-state index contributed by atoms with van der Waals surface area (Å²) in [6.07, 6.45) is 2.15. The van der Waals surface area contributed by atoms with Crippen LogP contribution in [0.3, 0.4) is 0 Å². The van der Waals surface area contributed by atoms with Crippen molar-refractivity contribution in [2.45, 2.75) is 19.4 Å². The molecule has 0 bridgehead atoms. The SMILES string of the molecule is C[C@H]1Cc2cc(/C=C3/C(=O)NC(=O)N(c4cccc([N+](=O)[O-])c4)C3=O)ccc2O1. The van der Waals surface area contributed by atoms with E-state index in [4.69, 9.17) is 4.74 Å². The molecule has 0 unspecified atom stereocenters. The van der Waals surface area contributed by atoms with Crippen LogP contribution in [0.25, 0.3) is 6.08 Å². The van der Waals surface area contributed by atoms with E-state index in [0.717, 1.165) is 17.4 Å². The largest absolute Gasteiger partial charge is 0.490 e. The number of hydrogen-bond acceptors (Lipinski definition) is 6. The van der Waals surface area contributed by atoms with Gasteiger partial charge in [-0.1, -0.05) is 12.1 Å². The van der Waals surface area contributed by atoms with E-state index in [1.807, 2.05) is 13.0 Å². The highest BCUT2D eigenvalue weighted by molar-refractivity contribution is 6.39. The first-order valence-electron chi connectivity index (χ1n) is 8.79. The minimum Gasteiger partial charge on any atom is -0.490 e. The minimum absolute atomic E-state index is 0.00345. The number of nitro benzene ring substituents is 1. The second kappa shape index (κ2) is 6.86. The van der Waals surface area contributed by atoms with Crippen LogP contribution in [0.2, 0.25) is 0 Å². The van der Waals surface area contributed by atoms with E-state index in [9.17, 15) is 24.5 Å². The van der Waals surface area contributed by atoms with Gasteiger partial charge in [0.1, 0.15) is 17.4 Å². The van der Waals surface area contributed by atoms with Crippen LogP contribution < -0.4 is 15.0 Å². The lowest BCUT2D eigenvalue weighted by molar-refractivity contribution is -0.384. The number of benzene rings is 2. The second-order valence-corrected chi connectivity index (χ2v) is 6.73. The number of carbonyl (C=O) groups is 3. The summed E-state index contributed by atoms with van der Waals surface area (Å²) < 4.78 is 5.64. The van der Waals surface area contributed by atoms with Crippen molar-refractivity contribution in [2.75, 3.05) is 4.90 Å². The summed E-state index contributed by atoms with van der Waals surface area (Å²) in [5.41, 5.74) is 1.04. The number of nitro groups is 1. The van der Waals surface area contributed by atoms with E-state index in [-0.39, 0.29) is 23.1 Å². The lowest BCUT2D eigenvalue weighted by atomic mass is 10.0. The number of barbiturate groups is 1. The lowest BCUT2D eigenvalue weighted by Crippen LogP contribution is -2.54. The molecule has 2 heterocycles. The monoisotopic (exact) mass is 393 g/mol. The van der Waals surface area contributed by atoms with Gasteiger partial charge in [-0.2, -0.15) is 0 Å². The van der Waals surface area contributed by atoms with Gasteiger partial charge in [0, 0.05) is 18.6 Å². The number of nitrogens with one attached hydrogen (secondary N) is 1. The maximum atomic E-state index is 12.9. The molecule has 1 N–H and O–H groups in total. The molecule has 2 aromatic carbocycles. The number of fused-ring (bicyclic) bond motifs is 1. The molecule has 4 amide bonds. The lowest BCUT2D eigenvalue weighted by Gasteiger charge is -2.26. The van der Waals surface area contributed by atoms with Crippen LogP contribution in [-0.4, -0.2) is 28.9 Å². The summed E-state index contributed by atoms with van der Waals surface area (Å²) in [6.45, 7) is 1.94. The Morgan fingerprint density at radius 1 is 1.21 bits per heavy atom. The van der Waals surface area contributed by atoms with Crippen LogP contribution in [0.4, 0.5) is 16.2 Å². The van der Waals surface area contributed by atoms with Crippen LogP contribution in [0, 0.1) is 10.1 Å². The van der Waals surface area contributed by atoms with Crippen LogP contribution in [0.15, 0.2) is 48.0 Å². The summed E-state index contributed by atoms with van der Waals surface area (Å²) in [7, 11) is 0. The van der Waals surface area contributed by atoms with Gasteiger partial charge in [-0.25, -0.2) is 9.69 Å². The first-order valence-corrected chi connectivity index (χ1v) is 8.79. The highest BCUT2D eigenvalue weighted by Gasteiger charge is 2.37. The third-order valence-electron chi connectivity index (χ3n) is 4.63. The number of hydrogen-bond donors (Lipinski definition) is 1. The molecule has 9 heteroatoms. The van der Waals surface area contributed by atoms with Crippen molar-refractivity contribution in [1.29, 1.82) is 0 Å². The minimum atomic E-state index is -0.964. The molecule has 0 aromatic heterocycles. The van der Waals surface area contributed by atoms with Gasteiger partial charge in [0.2, 0.25) is 0 Å². The van der Waals surface area contributed by atoms with E-state index < -0.39 is 22.8 Å². The number of urea groups is 1. The first-order chi connectivity index (χ1) is 13.8. The van der Waals surface area contributed by atoms with Gasteiger partial charge < -0.3 is 4.74 Å². The molecule has 0 saturated carbocycles. The number of amides is 4. The average molecular weight is 393 g/mol. The van der Waals surface area contributed by atoms with Gasteiger partial charge in [-0.3, -0.25) is 25.0 Å². The highest BCUT2D eigenvalue weighted by atomic mass is 16.6. The maximum absolute atomic E-state index is 12.9. The van der Waals surface area contributed by atoms with Gasteiger partial charge in [0.05, 0.1) is 10.6 Å². The van der Waals surface area contributed by atoms with Crippen molar-refractivity contribution in [2.24, 2.45) is 0 Å². The fourth-order valence-electron chi connectivity index (χ4n) is 3.34. The Morgan fingerprint density at radius 3 is 2.76 bits per heavy atom. The maximum Gasteiger partial charge on any atom is 0.335 e. The molecule has 1 fully saturated rings. The quantitative estimate of drug-likeness (QED) is 0.371. The molecule has 9 nitrogen and oxygen atoms in total. The fourth-order valence-corrected chi connectivity index (χ4v) is 3.34. The van der Waals surface area contributed by atoms with Crippen LogP contribution in [0.5, 0.6) is 5.75 Å². The average Bonchev–Trinajstić information content (AvgIpc) is 3.04. The van der Waals surface area contributed by atoms with Crippen LogP contribution in [0.1, 0.15) is 18.1 Å². The zero-order valence-electron chi connectivity index (χ0n) is 15.2. The highest BCUT2D eigenvalue weighted by Crippen LogP contribution is 2.31.